The van der Waals surface area contributed by atoms with Crippen LogP contribution in [-0.2, 0) is 18.3 Å². The second kappa shape index (κ2) is 8.34. The van der Waals surface area contributed by atoms with Crippen molar-refractivity contribution in [2.45, 2.75) is 18.2 Å². The molecule has 0 bridgehead atoms. The van der Waals surface area contributed by atoms with Gasteiger partial charge in [-0.25, -0.2) is 9.45 Å². The minimum Gasteiger partial charge on any atom is -0.394 e. The number of hydroxylamine groups is 2. The molecule has 150 valence electrons. The summed E-state index contributed by atoms with van der Waals surface area (Å²) >= 11 is 1.42. The highest BCUT2D eigenvalue weighted by Crippen LogP contribution is 2.31. The molecule has 3 rings (SSSR count). The molecule has 0 saturated carbocycles. The summed E-state index contributed by atoms with van der Waals surface area (Å²) in [7, 11) is 1.53. The zero-order valence-electron chi connectivity index (χ0n) is 15.9. The molecule has 1 aliphatic rings. The fourth-order valence-corrected chi connectivity index (χ4v) is 3.66. The van der Waals surface area contributed by atoms with Crippen LogP contribution in [-0.4, -0.2) is 46.7 Å². The minimum atomic E-state index is -0.481. The molecule has 28 heavy (non-hydrogen) atoms. The van der Waals surface area contributed by atoms with E-state index in [2.05, 4.69) is 5.32 Å². The van der Waals surface area contributed by atoms with Crippen molar-refractivity contribution in [2.24, 2.45) is 7.05 Å². The van der Waals surface area contributed by atoms with Crippen molar-refractivity contribution >= 4 is 29.2 Å². The topological polar surface area (TPSA) is 83.8 Å². The molecule has 1 amide bonds. The third-order valence-electron chi connectivity index (χ3n) is 4.73. The van der Waals surface area contributed by atoms with Crippen molar-refractivity contribution in [1.82, 2.24) is 9.63 Å². The number of aliphatic hydroxyl groups is 1. The molecule has 1 aromatic carbocycles. The quantitative estimate of drug-likeness (QED) is 0.715. The fraction of sp³-hybridized carbons (Fsp3) is 0.368. The van der Waals surface area contributed by atoms with Crippen LogP contribution >= 0.6 is 11.8 Å². The molecule has 7 nitrogen and oxygen atoms in total. The second-order valence-corrected chi connectivity index (χ2v) is 7.26. The number of hydrogen-bond acceptors (Lipinski definition) is 6. The Hall–Kier alpha value is -2.36. The second-order valence-electron chi connectivity index (χ2n) is 6.38. The van der Waals surface area contributed by atoms with Crippen molar-refractivity contribution in [3.63, 3.8) is 0 Å². The Kier molecular flexibility index (Phi) is 6.07. The molecule has 1 aromatic heterocycles. The molecule has 2 aromatic rings. The first-order valence-electron chi connectivity index (χ1n) is 8.77. The van der Waals surface area contributed by atoms with Gasteiger partial charge in [0.25, 0.3) is 11.5 Å². The molecule has 0 saturated heterocycles. The van der Waals surface area contributed by atoms with Gasteiger partial charge in [-0.05, 0) is 43.4 Å². The Bertz CT molecular complexity index is 977. The zero-order chi connectivity index (χ0) is 20.4. The lowest BCUT2D eigenvalue weighted by molar-refractivity contribution is -0.132. The Morgan fingerprint density at radius 3 is 2.75 bits per heavy atom. The van der Waals surface area contributed by atoms with Crippen molar-refractivity contribution in [1.29, 1.82) is 0 Å². The van der Waals surface area contributed by atoms with E-state index in [-0.39, 0.29) is 42.4 Å². The third kappa shape index (κ3) is 3.65. The van der Waals surface area contributed by atoms with E-state index >= 15 is 0 Å². The number of carbonyl (C=O) groups excluding carboxylic acids is 1. The normalized spacial score (nSPS) is 13.6. The summed E-state index contributed by atoms with van der Waals surface area (Å²) in [6.07, 6.45) is 2.28. The summed E-state index contributed by atoms with van der Waals surface area (Å²) in [6.45, 7) is 1.72. The average molecular weight is 407 g/mol. The molecule has 0 radical (unpaired) electrons. The molecule has 2 N–H and O–H groups in total. The van der Waals surface area contributed by atoms with Crippen molar-refractivity contribution in [3.05, 3.63) is 51.1 Å². The van der Waals surface area contributed by atoms with Crippen LogP contribution in [0.4, 0.5) is 15.9 Å². The van der Waals surface area contributed by atoms with Crippen molar-refractivity contribution in [3.8, 4) is 0 Å². The van der Waals surface area contributed by atoms with Crippen LogP contribution in [0.2, 0.25) is 0 Å². The van der Waals surface area contributed by atoms with E-state index in [1.54, 1.807) is 19.1 Å². The third-order valence-corrected chi connectivity index (χ3v) is 5.45. The van der Waals surface area contributed by atoms with Gasteiger partial charge in [0.1, 0.15) is 11.6 Å². The Morgan fingerprint density at radius 2 is 2.11 bits per heavy atom. The smallest absolute Gasteiger partial charge is 0.281 e. The SMILES string of the molecule is CSc1ccc(Nc2c3c(c(C)c(=O)n2C)CCN(OCCO)C3=O)c(F)c1. The van der Waals surface area contributed by atoms with E-state index in [0.717, 1.165) is 4.90 Å². The van der Waals surface area contributed by atoms with E-state index in [0.29, 0.717) is 17.5 Å². The van der Waals surface area contributed by atoms with Crippen LogP contribution in [0.15, 0.2) is 27.9 Å². The highest BCUT2D eigenvalue weighted by molar-refractivity contribution is 7.98. The van der Waals surface area contributed by atoms with Gasteiger partial charge < -0.3 is 10.4 Å². The number of rotatable bonds is 6. The number of aromatic nitrogens is 1. The Labute approximate surface area is 166 Å². The number of hydrogen-bond donors (Lipinski definition) is 2. The number of carbonyl (C=O) groups is 1. The van der Waals surface area contributed by atoms with Gasteiger partial charge in [0.05, 0.1) is 31.0 Å². The summed E-state index contributed by atoms with van der Waals surface area (Å²) in [4.78, 5) is 31.7. The first-order valence-corrected chi connectivity index (χ1v) is 10.00. The first-order chi connectivity index (χ1) is 13.4. The number of nitrogens with zero attached hydrogens (tertiary/aromatic N) is 2. The lowest BCUT2D eigenvalue weighted by atomic mass is 9.96. The summed E-state index contributed by atoms with van der Waals surface area (Å²) in [5, 5.41) is 13.1. The molecule has 2 heterocycles. The molecule has 9 heteroatoms. The lowest BCUT2D eigenvalue weighted by Crippen LogP contribution is -2.41. The predicted molar refractivity (Wildman–Crippen MR) is 106 cm³/mol. The summed E-state index contributed by atoms with van der Waals surface area (Å²) in [6, 6.07) is 4.72. The monoisotopic (exact) mass is 407 g/mol. The van der Waals surface area contributed by atoms with Crippen LogP contribution in [0.1, 0.15) is 21.5 Å². The van der Waals surface area contributed by atoms with Crippen LogP contribution in [0.3, 0.4) is 0 Å². The standard InChI is InChI=1S/C19H22FN3O4S/c1-11-13-6-7-23(27-9-8-24)19(26)16(13)17(22(2)18(11)25)21-15-5-4-12(28-3)10-14(15)20/h4-5,10,21,24H,6-9H2,1-3H3. The van der Waals surface area contributed by atoms with Gasteiger partial charge in [0.2, 0.25) is 0 Å². The van der Waals surface area contributed by atoms with Gasteiger partial charge in [-0.3, -0.25) is 19.0 Å². The fourth-order valence-electron chi connectivity index (χ4n) is 3.24. The van der Waals surface area contributed by atoms with Crippen LogP contribution in [0.25, 0.3) is 0 Å². The highest BCUT2D eigenvalue weighted by atomic mass is 32.2. The predicted octanol–water partition coefficient (Wildman–Crippen LogP) is 2.22. The average Bonchev–Trinajstić information content (AvgIpc) is 2.69. The number of benzene rings is 1. The maximum atomic E-state index is 14.5. The van der Waals surface area contributed by atoms with Gasteiger partial charge in [-0.15, -0.1) is 11.8 Å². The van der Waals surface area contributed by atoms with Gasteiger partial charge in [-0.1, -0.05) is 0 Å². The number of thioether (sulfide) groups is 1. The summed E-state index contributed by atoms with van der Waals surface area (Å²) in [5.74, 6) is -0.703. The summed E-state index contributed by atoms with van der Waals surface area (Å²) in [5.41, 5.74) is 1.30. The number of fused-ring (bicyclic) bond motifs is 1. The van der Waals surface area contributed by atoms with E-state index in [1.165, 1.54) is 34.5 Å². The van der Waals surface area contributed by atoms with E-state index in [1.807, 2.05) is 6.26 Å². The lowest BCUT2D eigenvalue weighted by Gasteiger charge is -2.30. The van der Waals surface area contributed by atoms with Gasteiger partial charge in [0, 0.05) is 17.5 Å². The van der Waals surface area contributed by atoms with Crippen LogP contribution in [0.5, 0.6) is 0 Å². The number of amides is 1. The van der Waals surface area contributed by atoms with Crippen molar-refractivity contribution < 1.29 is 19.1 Å². The van der Waals surface area contributed by atoms with Crippen LogP contribution in [0, 0.1) is 12.7 Å². The Balaban J connectivity index is 2.10. The molecule has 0 atom stereocenters. The summed E-state index contributed by atoms with van der Waals surface area (Å²) < 4.78 is 15.8. The molecular formula is C19H22FN3O4S. The number of nitrogens with one attached hydrogen (secondary N) is 1. The molecule has 0 unspecified atom stereocenters. The number of aliphatic hydroxyl groups excluding tert-OH is 1. The zero-order valence-corrected chi connectivity index (χ0v) is 16.7. The van der Waals surface area contributed by atoms with E-state index < -0.39 is 11.7 Å². The van der Waals surface area contributed by atoms with Gasteiger partial charge in [0.15, 0.2) is 0 Å². The highest BCUT2D eigenvalue weighted by Gasteiger charge is 2.32. The van der Waals surface area contributed by atoms with Gasteiger partial charge in [-0.2, -0.15) is 0 Å². The Morgan fingerprint density at radius 1 is 1.36 bits per heavy atom. The van der Waals surface area contributed by atoms with Gasteiger partial charge >= 0.3 is 0 Å². The first kappa shape index (κ1) is 20.4. The molecular weight excluding hydrogens is 385 g/mol. The van der Waals surface area contributed by atoms with Crippen LogP contribution < -0.4 is 10.9 Å². The number of halogens is 1. The minimum absolute atomic E-state index is 0.0145. The number of anilines is 2. The largest absolute Gasteiger partial charge is 0.394 e. The van der Waals surface area contributed by atoms with E-state index in [4.69, 9.17) is 9.94 Å². The van der Waals surface area contributed by atoms with E-state index in [9.17, 15) is 14.0 Å². The molecule has 1 aliphatic heterocycles. The molecule has 0 aliphatic carbocycles. The molecule has 0 fully saturated rings. The maximum absolute atomic E-state index is 14.5. The molecule has 0 spiro atoms. The number of pyridine rings is 1. The van der Waals surface area contributed by atoms with Crippen molar-refractivity contribution in [2.75, 3.05) is 31.3 Å². The maximum Gasteiger partial charge on any atom is 0.281 e.